The smallest absolute Gasteiger partial charge is 0.133 e. The van der Waals surface area contributed by atoms with Gasteiger partial charge in [-0.1, -0.05) is 13.8 Å². The lowest BCUT2D eigenvalue weighted by Gasteiger charge is -2.09. The van der Waals surface area contributed by atoms with Gasteiger partial charge in [-0.05, 0) is 13.8 Å². The first kappa shape index (κ1) is 12.5. The molecule has 16 heavy (non-hydrogen) atoms. The molecule has 0 aliphatic heterocycles. The summed E-state index contributed by atoms with van der Waals surface area (Å²) in [6.45, 7) is 8.87. The summed E-state index contributed by atoms with van der Waals surface area (Å²) >= 11 is 0. The number of aromatic nitrogens is 2. The van der Waals surface area contributed by atoms with Gasteiger partial charge in [0.1, 0.15) is 11.6 Å². The molecular formula is C13H19N3. The van der Waals surface area contributed by atoms with Crippen molar-refractivity contribution in [2.45, 2.75) is 40.0 Å². The first-order valence-corrected chi connectivity index (χ1v) is 5.62. The Bertz CT molecular complexity index is 399. The van der Waals surface area contributed by atoms with Gasteiger partial charge in [0.25, 0.3) is 0 Å². The summed E-state index contributed by atoms with van der Waals surface area (Å²) in [5, 5.41) is 3.26. The van der Waals surface area contributed by atoms with E-state index in [1.165, 1.54) is 0 Å². The Morgan fingerprint density at radius 2 is 2.12 bits per heavy atom. The minimum absolute atomic E-state index is 0.357. The standard InChI is InChI=1S/C13H19N3/c1-5-6-7-8-14-12-9-11(4)15-13(16-12)10(2)3/h9-10H,7-8H2,1-4H3,(H,14,15,16). The number of aryl methyl sites for hydroxylation is 1. The largest absolute Gasteiger partial charge is 0.369 e. The fourth-order valence-corrected chi connectivity index (χ4v) is 1.32. The molecule has 86 valence electrons. The van der Waals surface area contributed by atoms with Gasteiger partial charge < -0.3 is 5.32 Å². The molecule has 0 saturated heterocycles. The van der Waals surface area contributed by atoms with E-state index in [1.807, 2.05) is 19.9 Å². The molecule has 0 saturated carbocycles. The lowest BCUT2D eigenvalue weighted by molar-refractivity contribution is 0.766. The SMILES string of the molecule is CC#CCCNc1cc(C)nc(C(C)C)n1. The third-order valence-electron chi connectivity index (χ3n) is 2.12. The molecule has 0 amide bonds. The van der Waals surface area contributed by atoms with Crippen LogP contribution in [0.2, 0.25) is 0 Å². The fourth-order valence-electron chi connectivity index (χ4n) is 1.32. The predicted octanol–water partition coefficient (Wildman–Crippen LogP) is 2.73. The second-order valence-electron chi connectivity index (χ2n) is 4.01. The summed E-state index contributed by atoms with van der Waals surface area (Å²) in [4.78, 5) is 8.86. The molecule has 1 heterocycles. The molecule has 1 N–H and O–H groups in total. The van der Waals surface area contributed by atoms with Crippen LogP contribution in [0.1, 0.15) is 44.6 Å². The summed E-state index contributed by atoms with van der Waals surface area (Å²) in [6.07, 6.45) is 0.844. The summed E-state index contributed by atoms with van der Waals surface area (Å²) in [5.74, 6) is 8.03. The van der Waals surface area contributed by atoms with Crippen molar-refractivity contribution in [3.8, 4) is 11.8 Å². The van der Waals surface area contributed by atoms with Crippen molar-refractivity contribution in [1.82, 2.24) is 9.97 Å². The van der Waals surface area contributed by atoms with Gasteiger partial charge in [0.15, 0.2) is 0 Å². The van der Waals surface area contributed by atoms with Crippen molar-refractivity contribution in [2.24, 2.45) is 0 Å². The summed E-state index contributed by atoms with van der Waals surface area (Å²) in [5.41, 5.74) is 1.00. The molecule has 1 aromatic rings. The van der Waals surface area contributed by atoms with Crippen molar-refractivity contribution < 1.29 is 0 Å². The molecule has 1 rings (SSSR count). The Hall–Kier alpha value is -1.56. The van der Waals surface area contributed by atoms with E-state index < -0.39 is 0 Å². The van der Waals surface area contributed by atoms with E-state index in [9.17, 15) is 0 Å². The first-order chi connectivity index (χ1) is 7.63. The van der Waals surface area contributed by atoms with Crippen molar-refractivity contribution in [2.75, 3.05) is 11.9 Å². The number of hydrogen-bond acceptors (Lipinski definition) is 3. The molecule has 0 aromatic carbocycles. The third-order valence-corrected chi connectivity index (χ3v) is 2.12. The fraction of sp³-hybridized carbons (Fsp3) is 0.538. The summed E-state index contributed by atoms with van der Waals surface area (Å²) in [6, 6.07) is 1.96. The van der Waals surface area contributed by atoms with Gasteiger partial charge in [0, 0.05) is 30.6 Å². The highest BCUT2D eigenvalue weighted by molar-refractivity contribution is 5.36. The lowest BCUT2D eigenvalue weighted by atomic mass is 10.2. The van der Waals surface area contributed by atoms with Crippen molar-refractivity contribution in [3.05, 3.63) is 17.6 Å². The molecule has 3 heteroatoms. The lowest BCUT2D eigenvalue weighted by Crippen LogP contribution is -2.07. The average Bonchev–Trinajstić information content (AvgIpc) is 2.23. The van der Waals surface area contributed by atoms with Gasteiger partial charge in [0.2, 0.25) is 0 Å². The molecule has 0 aliphatic carbocycles. The maximum absolute atomic E-state index is 4.46. The summed E-state index contributed by atoms with van der Waals surface area (Å²) < 4.78 is 0. The van der Waals surface area contributed by atoms with Crippen LogP contribution < -0.4 is 5.32 Å². The van der Waals surface area contributed by atoms with Crippen LogP contribution in [0, 0.1) is 18.8 Å². The van der Waals surface area contributed by atoms with Crippen LogP contribution in [0.5, 0.6) is 0 Å². The predicted molar refractivity (Wildman–Crippen MR) is 67.4 cm³/mol. The van der Waals surface area contributed by atoms with Crippen molar-refractivity contribution in [1.29, 1.82) is 0 Å². The van der Waals surface area contributed by atoms with Crippen molar-refractivity contribution >= 4 is 5.82 Å². The molecule has 0 unspecified atom stereocenters. The van der Waals surface area contributed by atoms with Gasteiger partial charge in [-0.15, -0.1) is 11.8 Å². The number of hydrogen-bond donors (Lipinski definition) is 1. The third kappa shape index (κ3) is 3.90. The van der Waals surface area contributed by atoms with E-state index in [2.05, 4.69) is 41.0 Å². The molecular weight excluding hydrogens is 198 g/mol. The number of rotatable bonds is 4. The van der Waals surface area contributed by atoms with Crippen LogP contribution >= 0.6 is 0 Å². The highest BCUT2D eigenvalue weighted by Crippen LogP contribution is 2.13. The van der Waals surface area contributed by atoms with Gasteiger partial charge in [-0.25, -0.2) is 9.97 Å². The maximum atomic E-state index is 4.46. The van der Waals surface area contributed by atoms with Crippen LogP contribution in [0.3, 0.4) is 0 Å². The zero-order chi connectivity index (χ0) is 12.0. The van der Waals surface area contributed by atoms with Crippen LogP contribution in [-0.4, -0.2) is 16.5 Å². The van der Waals surface area contributed by atoms with Crippen LogP contribution in [0.4, 0.5) is 5.82 Å². The van der Waals surface area contributed by atoms with Crippen LogP contribution in [-0.2, 0) is 0 Å². The second-order valence-corrected chi connectivity index (χ2v) is 4.01. The van der Waals surface area contributed by atoms with E-state index in [1.54, 1.807) is 0 Å². The molecule has 0 atom stereocenters. The molecule has 0 spiro atoms. The minimum atomic E-state index is 0.357. The zero-order valence-electron chi connectivity index (χ0n) is 10.5. The molecule has 0 fully saturated rings. The monoisotopic (exact) mass is 217 g/mol. The highest BCUT2D eigenvalue weighted by Gasteiger charge is 2.05. The second kappa shape index (κ2) is 6.12. The van der Waals surface area contributed by atoms with E-state index >= 15 is 0 Å². The zero-order valence-corrected chi connectivity index (χ0v) is 10.5. The Morgan fingerprint density at radius 1 is 1.38 bits per heavy atom. The van der Waals surface area contributed by atoms with E-state index in [-0.39, 0.29) is 0 Å². The highest BCUT2D eigenvalue weighted by atomic mass is 15.0. The molecule has 3 nitrogen and oxygen atoms in total. The Morgan fingerprint density at radius 3 is 2.75 bits per heavy atom. The molecule has 1 aromatic heterocycles. The van der Waals surface area contributed by atoms with Crippen molar-refractivity contribution in [3.63, 3.8) is 0 Å². The molecule has 0 bridgehead atoms. The van der Waals surface area contributed by atoms with Crippen LogP contribution in [0.15, 0.2) is 6.07 Å². The molecule has 0 radical (unpaired) electrons. The Labute approximate surface area is 97.7 Å². The maximum Gasteiger partial charge on any atom is 0.133 e. The van der Waals surface area contributed by atoms with E-state index in [0.29, 0.717) is 5.92 Å². The van der Waals surface area contributed by atoms with Gasteiger partial charge in [-0.3, -0.25) is 0 Å². The number of nitrogens with one attached hydrogen (secondary N) is 1. The normalized spacial score (nSPS) is 9.81. The molecule has 0 aliphatic rings. The average molecular weight is 217 g/mol. The van der Waals surface area contributed by atoms with Gasteiger partial charge >= 0.3 is 0 Å². The minimum Gasteiger partial charge on any atom is -0.369 e. The number of anilines is 1. The topological polar surface area (TPSA) is 37.8 Å². The number of nitrogens with zero attached hydrogens (tertiary/aromatic N) is 2. The van der Waals surface area contributed by atoms with E-state index in [4.69, 9.17) is 0 Å². The quantitative estimate of drug-likeness (QED) is 0.622. The Kier molecular flexibility index (Phi) is 4.78. The summed E-state index contributed by atoms with van der Waals surface area (Å²) in [7, 11) is 0. The van der Waals surface area contributed by atoms with Gasteiger partial charge in [0.05, 0.1) is 0 Å². The first-order valence-electron chi connectivity index (χ1n) is 5.62. The van der Waals surface area contributed by atoms with E-state index in [0.717, 1.165) is 30.3 Å². The van der Waals surface area contributed by atoms with Crippen LogP contribution in [0.25, 0.3) is 0 Å². The van der Waals surface area contributed by atoms with Gasteiger partial charge in [-0.2, -0.15) is 0 Å². The Balaban J connectivity index is 2.67.